The van der Waals surface area contributed by atoms with Crippen LogP contribution in [0.25, 0.3) is 0 Å². The fourth-order valence-electron chi connectivity index (χ4n) is 3.30. The fourth-order valence-corrected chi connectivity index (χ4v) is 3.30. The van der Waals surface area contributed by atoms with Gasteiger partial charge in [-0.1, -0.05) is 0 Å². The minimum Gasteiger partial charge on any atom is -0.258 e. The summed E-state index contributed by atoms with van der Waals surface area (Å²) >= 11 is 0. The number of nitro groups is 8. The lowest BCUT2D eigenvalue weighted by Gasteiger charge is -2.03. The number of hydrogen-bond acceptors (Lipinski definition) is 21. The van der Waals surface area contributed by atoms with Gasteiger partial charge in [-0.05, 0) is 0 Å². The lowest BCUT2D eigenvalue weighted by molar-refractivity contribution is -0.422. The summed E-state index contributed by atoms with van der Waals surface area (Å²) in [6.45, 7) is 0. The number of aromatic nitrogens is 1. The van der Waals surface area contributed by atoms with E-state index >= 15 is 0 Å². The standard InChI is InChI=1S/C17H5N13O16/c31-23(32)6-1-8(25(35)36)13(9(2-6)26(37)38)19-21-15-16(30(45)46)12(29(43)44)5-18-17(15)22-20-14-10(27(39)40)3-7(24(33)34)4-11(14)28(41)42/h1-5H. The highest BCUT2D eigenvalue weighted by atomic mass is 16.7. The number of azo groups is 2. The number of rotatable bonds is 12. The van der Waals surface area contributed by atoms with Crippen LogP contribution in [0.15, 0.2) is 50.9 Å². The van der Waals surface area contributed by atoms with E-state index in [4.69, 9.17) is 0 Å². The molecule has 2 aromatic carbocycles. The normalized spacial score (nSPS) is 11.0. The van der Waals surface area contributed by atoms with Crippen molar-refractivity contribution in [1.29, 1.82) is 0 Å². The summed E-state index contributed by atoms with van der Waals surface area (Å²) in [7, 11) is 0. The summed E-state index contributed by atoms with van der Waals surface area (Å²) in [6.07, 6.45) is 0.181. The van der Waals surface area contributed by atoms with Crippen molar-refractivity contribution in [2.24, 2.45) is 20.5 Å². The number of benzene rings is 2. The molecule has 0 aliphatic rings. The number of hydrogen-bond donors (Lipinski definition) is 0. The predicted octanol–water partition coefficient (Wildman–Crippen LogP) is 5.18. The molecule has 29 heteroatoms. The minimum atomic E-state index is -1.64. The van der Waals surface area contributed by atoms with Crippen molar-refractivity contribution in [3.05, 3.63) is 111 Å². The molecule has 0 spiro atoms. The van der Waals surface area contributed by atoms with Gasteiger partial charge in [-0.2, -0.15) is 0 Å². The zero-order valence-electron chi connectivity index (χ0n) is 21.2. The number of nitrogens with zero attached hydrogens (tertiary/aromatic N) is 13. The second-order valence-electron chi connectivity index (χ2n) is 7.79. The fraction of sp³-hybridized carbons (Fsp3) is 0. The zero-order chi connectivity index (χ0) is 34.6. The lowest BCUT2D eigenvalue weighted by Crippen LogP contribution is -1.99. The van der Waals surface area contributed by atoms with Crippen molar-refractivity contribution in [2.45, 2.75) is 0 Å². The highest BCUT2D eigenvalue weighted by Gasteiger charge is 2.36. The topological polar surface area (TPSA) is 407 Å². The van der Waals surface area contributed by atoms with Crippen molar-refractivity contribution < 1.29 is 39.4 Å². The van der Waals surface area contributed by atoms with Gasteiger partial charge in [0.2, 0.25) is 22.9 Å². The Balaban J connectivity index is 2.42. The van der Waals surface area contributed by atoms with E-state index in [0.29, 0.717) is 0 Å². The second-order valence-corrected chi connectivity index (χ2v) is 7.79. The van der Waals surface area contributed by atoms with E-state index in [-0.39, 0.29) is 30.5 Å². The molecule has 234 valence electrons. The van der Waals surface area contributed by atoms with Crippen molar-refractivity contribution in [2.75, 3.05) is 0 Å². The number of pyridine rings is 1. The average molecular weight is 647 g/mol. The van der Waals surface area contributed by atoms with Crippen LogP contribution in [0.4, 0.5) is 68.4 Å². The van der Waals surface area contributed by atoms with E-state index in [9.17, 15) is 80.9 Å². The van der Waals surface area contributed by atoms with Crippen LogP contribution in [0.5, 0.6) is 0 Å². The molecule has 3 rings (SSSR count). The summed E-state index contributed by atoms with van der Waals surface area (Å²) in [5, 5.41) is 104. The van der Waals surface area contributed by atoms with Crippen LogP contribution < -0.4 is 0 Å². The van der Waals surface area contributed by atoms with E-state index < -0.39 is 108 Å². The Morgan fingerprint density at radius 3 is 1.04 bits per heavy atom. The van der Waals surface area contributed by atoms with Crippen molar-refractivity contribution in [3.8, 4) is 0 Å². The Hall–Kier alpha value is -8.01. The molecule has 0 saturated heterocycles. The first-order valence-electron chi connectivity index (χ1n) is 10.8. The van der Waals surface area contributed by atoms with Crippen LogP contribution in [0.2, 0.25) is 0 Å². The maximum Gasteiger partial charge on any atom is 0.378 e. The largest absolute Gasteiger partial charge is 0.378 e. The summed E-state index contributed by atoms with van der Waals surface area (Å²) in [5.41, 5.74) is -15.2. The maximum atomic E-state index is 11.8. The van der Waals surface area contributed by atoms with Crippen molar-refractivity contribution in [3.63, 3.8) is 0 Å². The zero-order valence-corrected chi connectivity index (χ0v) is 21.2. The molecule has 0 unspecified atom stereocenters. The first-order chi connectivity index (χ1) is 21.5. The molecule has 0 aliphatic carbocycles. The second kappa shape index (κ2) is 12.5. The van der Waals surface area contributed by atoms with Crippen LogP contribution in [0.1, 0.15) is 0 Å². The molecule has 1 heterocycles. The van der Waals surface area contributed by atoms with E-state index in [2.05, 4.69) is 25.4 Å². The van der Waals surface area contributed by atoms with E-state index in [1.165, 1.54) is 0 Å². The molecule has 0 saturated carbocycles. The van der Waals surface area contributed by atoms with Gasteiger partial charge < -0.3 is 0 Å². The molecule has 46 heavy (non-hydrogen) atoms. The summed E-state index contributed by atoms with van der Waals surface area (Å²) in [5.74, 6) is -1.25. The molecule has 0 N–H and O–H groups in total. The van der Waals surface area contributed by atoms with Crippen LogP contribution in [0.3, 0.4) is 0 Å². The number of non-ortho nitro benzene ring substituents is 2. The van der Waals surface area contributed by atoms with Crippen LogP contribution in [-0.4, -0.2) is 44.4 Å². The SMILES string of the molecule is O=[N+]([O-])c1cc([N+](=O)[O-])c(N=Nc2ncc([N+](=O)[O-])c([N+](=O)[O-])c2N=Nc2c([N+](=O)[O-])cc([N+](=O)[O-])cc2[N+](=O)[O-])c([N+](=O)[O-])c1. The molecular formula is C17H5N13O16. The molecule has 0 atom stereocenters. The third kappa shape index (κ3) is 6.40. The van der Waals surface area contributed by atoms with Crippen molar-refractivity contribution in [1.82, 2.24) is 4.98 Å². The molecule has 0 fully saturated rings. The summed E-state index contributed by atoms with van der Waals surface area (Å²) in [6, 6.07) is 0.880. The monoisotopic (exact) mass is 647 g/mol. The Morgan fingerprint density at radius 2 is 0.739 bits per heavy atom. The van der Waals surface area contributed by atoms with Crippen LogP contribution >= 0.6 is 0 Å². The Bertz CT molecular complexity index is 1920. The summed E-state index contributed by atoms with van der Waals surface area (Å²) < 4.78 is 0. The Kier molecular flexibility index (Phi) is 8.81. The first kappa shape index (κ1) is 32.5. The van der Waals surface area contributed by atoms with Gasteiger partial charge in [-0.25, -0.2) is 4.98 Å². The third-order valence-electron chi connectivity index (χ3n) is 5.18. The van der Waals surface area contributed by atoms with Gasteiger partial charge in [0, 0.05) is 0 Å². The summed E-state index contributed by atoms with van der Waals surface area (Å²) in [4.78, 5) is 84.0. The van der Waals surface area contributed by atoms with E-state index in [1.54, 1.807) is 0 Å². The average Bonchev–Trinajstić information content (AvgIpc) is 2.97. The highest BCUT2D eigenvalue weighted by molar-refractivity contribution is 5.79. The van der Waals surface area contributed by atoms with E-state index in [0.717, 1.165) is 0 Å². The van der Waals surface area contributed by atoms with Gasteiger partial charge in [0.25, 0.3) is 11.4 Å². The quantitative estimate of drug-likeness (QED) is 0.139. The lowest BCUT2D eigenvalue weighted by atomic mass is 10.2. The Labute approximate surface area is 245 Å². The Morgan fingerprint density at radius 1 is 0.413 bits per heavy atom. The minimum absolute atomic E-state index is 0.181. The number of nitro benzene ring substituents is 6. The highest BCUT2D eigenvalue weighted by Crippen LogP contribution is 2.47. The molecule has 3 aromatic rings. The smallest absolute Gasteiger partial charge is 0.258 e. The predicted molar refractivity (Wildman–Crippen MR) is 139 cm³/mol. The molecule has 0 bridgehead atoms. The molecule has 0 radical (unpaired) electrons. The third-order valence-corrected chi connectivity index (χ3v) is 5.18. The van der Waals surface area contributed by atoms with Crippen molar-refractivity contribution >= 4 is 68.4 Å². The van der Waals surface area contributed by atoms with Gasteiger partial charge in [0.15, 0.2) is 0 Å². The first-order valence-corrected chi connectivity index (χ1v) is 10.8. The molecule has 0 amide bonds. The molecule has 0 aliphatic heterocycles. The van der Waals surface area contributed by atoms with Gasteiger partial charge in [-0.15, -0.1) is 20.5 Å². The van der Waals surface area contributed by atoms with Gasteiger partial charge in [0.05, 0.1) is 63.7 Å². The van der Waals surface area contributed by atoms with Gasteiger partial charge in [0.1, 0.15) is 6.20 Å². The maximum absolute atomic E-state index is 11.8. The van der Waals surface area contributed by atoms with E-state index in [1.807, 2.05) is 0 Å². The molecular weight excluding hydrogens is 642 g/mol. The van der Waals surface area contributed by atoms with Gasteiger partial charge in [-0.3, -0.25) is 80.9 Å². The molecule has 1 aromatic heterocycles. The van der Waals surface area contributed by atoms with Gasteiger partial charge >= 0.3 is 34.1 Å². The molecule has 29 nitrogen and oxygen atoms in total. The van der Waals surface area contributed by atoms with Crippen LogP contribution in [-0.2, 0) is 0 Å². The van der Waals surface area contributed by atoms with Crippen LogP contribution in [0, 0.1) is 80.9 Å².